The normalized spacial score (nSPS) is 16.8. The fourth-order valence-electron chi connectivity index (χ4n) is 3.02. The summed E-state index contributed by atoms with van der Waals surface area (Å²) in [6, 6.07) is 6.24. The average Bonchev–Trinajstić information content (AvgIpc) is 2.69. The number of anilines is 1. The number of nitrogens with one attached hydrogen (secondary N) is 1. The Labute approximate surface area is 128 Å². The van der Waals surface area contributed by atoms with Crippen LogP contribution in [0.5, 0.6) is 0 Å². The number of amides is 1. The third-order valence-corrected chi connectivity index (χ3v) is 4.26. The molecule has 1 aliphatic rings. The van der Waals surface area contributed by atoms with E-state index in [9.17, 15) is 4.79 Å². The molecule has 116 valence electrons. The molecule has 0 spiro atoms. The van der Waals surface area contributed by atoms with Gasteiger partial charge in [-0.25, -0.2) is 0 Å². The molecule has 3 heteroatoms. The van der Waals surface area contributed by atoms with Crippen LogP contribution < -0.4 is 5.32 Å². The molecule has 0 radical (unpaired) electrons. The van der Waals surface area contributed by atoms with Crippen molar-refractivity contribution in [1.29, 1.82) is 0 Å². The van der Waals surface area contributed by atoms with Gasteiger partial charge >= 0.3 is 0 Å². The van der Waals surface area contributed by atoms with Crippen molar-refractivity contribution in [3.63, 3.8) is 0 Å². The molecule has 2 rings (SSSR count). The molecule has 1 aromatic rings. The summed E-state index contributed by atoms with van der Waals surface area (Å²) in [5.74, 6) is 0.534. The Morgan fingerprint density at radius 2 is 1.86 bits per heavy atom. The maximum absolute atomic E-state index is 12.4. The minimum atomic E-state index is 0.119. The van der Waals surface area contributed by atoms with Crippen LogP contribution in [0, 0.1) is 6.92 Å². The van der Waals surface area contributed by atoms with E-state index < -0.39 is 0 Å². The van der Waals surface area contributed by atoms with E-state index in [1.54, 1.807) is 0 Å². The summed E-state index contributed by atoms with van der Waals surface area (Å²) in [5.41, 5.74) is 3.37. The van der Waals surface area contributed by atoms with E-state index in [2.05, 4.69) is 49.2 Å². The standard InChI is InChI=1S/C18H28N2O/c1-14(2)16-10-8-9-15(3)18(16)19-17(21)13-20-11-6-4-5-7-12-20/h8-10,14H,4-7,11-13H2,1-3H3,(H,19,21). The van der Waals surface area contributed by atoms with Gasteiger partial charge in [0.25, 0.3) is 0 Å². The fourth-order valence-corrected chi connectivity index (χ4v) is 3.02. The van der Waals surface area contributed by atoms with Crippen LogP contribution >= 0.6 is 0 Å². The number of carbonyl (C=O) groups is 1. The van der Waals surface area contributed by atoms with Gasteiger partial charge in [0.2, 0.25) is 5.91 Å². The summed E-state index contributed by atoms with van der Waals surface area (Å²) < 4.78 is 0. The first-order valence-electron chi connectivity index (χ1n) is 8.19. The van der Waals surface area contributed by atoms with Gasteiger partial charge < -0.3 is 5.32 Å². The van der Waals surface area contributed by atoms with Gasteiger partial charge in [0.15, 0.2) is 0 Å². The fraction of sp³-hybridized carbons (Fsp3) is 0.611. The third-order valence-electron chi connectivity index (χ3n) is 4.26. The van der Waals surface area contributed by atoms with Crippen LogP contribution in [0.25, 0.3) is 0 Å². The van der Waals surface area contributed by atoms with E-state index in [-0.39, 0.29) is 5.91 Å². The summed E-state index contributed by atoms with van der Waals surface area (Å²) in [6.07, 6.45) is 5.03. The molecule has 1 saturated heterocycles. The van der Waals surface area contributed by atoms with Crippen LogP contribution in [0.3, 0.4) is 0 Å². The smallest absolute Gasteiger partial charge is 0.238 e. The third kappa shape index (κ3) is 4.57. The largest absolute Gasteiger partial charge is 0.324 e. The number of aryl methyl sites for hydroxylation is 1. The highest BCUT2D eigenvalue weighted by Crippen LogP contribution is 2.27. The maximum Gasteiger partial charge on any atom is 0.238 e. The summed E-state index contributed by atoms with van der Waals surface area (Å²) in [6.45, 7) is 9.02. The Morgan fingerprint density at radius 1 is 1.19 bits per heavy atom. The summed E-state index contributed by atoms with van der Waals surface area (Å²) in [5, 5.41) is 3.15. The van der Waals surface area contributed by atoms with Crippen molar-refractivity contribution >= 4 is 11.6 Å². The Balaban J connectivity index is 2.02. The number of hydrogen-bond acceptors (Lipinski definition) is 2. The molecule has 0 bridgehead atoms. The van der Waals surface area contributed by atoms with Crippen LogP contribution in [0.15, 0.2) is 18.2 Å². The van der Waals surface area contributed by atoms with E-state index in [0.717, 1.165) is 24.3 Å². The van der Waals surface area contributed by atoms with E-state index in [1.165, 1.54) is 31.2 Å². The van der Waals surface area contributed by atoms with Gasteiger partial charge in [-0.3, -0.25) is 9.69 Å². The lowest BCUT2D eigenvalue weighted by atomic mass is 9.98. The first kappa shape index (κ1) is 16.0. The monoisotopic (exact) mass is 288 g/mol. The van der Waals surface area contributed by atoms with Gasteiger partial charge in [0.05, 0.1) is 6.54 Å². The Morgan fingerprint density at radius 3 is 2.48 bits per heavy atom. The quantitative estimate of drug-likeness (QED) is 0.910. The van der Waals surface area contributed by atoms with Gasteiger partial charge in [-0.1, -0.05) is 44.9 Å². The van der Waals surface area contributed by atoms with Crippen LogP contribution in [-0.2, 0) is 4.79 Å². The van der Waals surface area contributed by atoms with Crippen molar-refractivity contribution in [3.8, 4) is 0 Å². The van der Waals surface area contributed by atoms with Crippen molar-refractivity contribution in [2.24, 2.45) is 0 Å². The zero-order valence-corrected chi connectivity index (χ0v) is 13.6. The summed E-state index contributed by atoms with van der Waals surface area (Å²) in [7, 11) is 0. The number of rotatable bonds is 4. The number of para-hydroxylation sites is 1. The SMILES string of the molecule is Cc1cccc(C(C)C)c1NC(=O)CN1CCCCCC1. The van der Waals surface area contributed by atoms with Crippen molar-refractivity contribution in [3.05, 3.63) is 29.3 Å². The zero-order chi connectivity index (χ0) is 15.2. The molecule has 1 N–H and O–H groups in total. The number of hydrogen-bond donors (Lipinski definition) is 1. The second-order valence-corrected chi connectivity index (χ2v) is 6.43. The van der Waals surface area contributed by atoms with Gasteiger partial charge in [-0.15, -0.1) is 0 Å². The Kier molecular flexibility index (Phi) is 5.80. The molecule has 1 aliphatic heterocycles. The second-order valence-electron chi connectivity index (χ2n) is 6.43. The van der Waals surface area contributed by atoms with E-state index in [0.29, 0.717) is 12.5 Å². The minimum absolute atomic E-state index is 0.119. The maximum atomic E-state index is 12.4. The van der Waals surface area contributed by atoms with E-state index in [1.807, 2.05) is 0 Å². The highest BCUT2D eigenvalue weighted by atomic mass is 16.2. The molecule has 1 aromatic carbocycles. The van der Waals surface area contributed by atoms with Crippen molar-refractivity contribution < 1.29 is 4.79 Å². The molecule has 0 unspecified atom stereocenters. The lowest BCUT2D eigenvalue weighted by Gasteiger charge is -2.21. The molecule has 0 atom stereocenters. The molecule has 21 heavy (non-hydrogen) atoms. The van der Waals surface area contributed by atoms with Gasteiger partial charge in [0, 0.05) is 5.69 Å². The molecule has 0 aliphatic carbocycles. The number of carbonyl (C=O) groups excluding carboxylic acids is 1. The predicted molar refractivity (Wildman–Crippen MR) is 88.8 cm³/mol. The lowest BCUT2D eigenvalue weighted by molar-refractivity contribution is -0.117. The molecule has 1 fully saturated rings. The lowest BCUT2D eigenvalue weighted by Crippen LogP contribution is -2.34. The van der Waals surface area contributed by atoms with Gasteiger partial charge in [-0.2, -0.15) is 0 Å². The summed E-state index contributed by atoms with van der Waals surface area (Å²) >= 11 is 0. The van der Waals surface area contributed by atoms with Crippen molar-refractivity contribution in [1.82, 2.24) is 4.90 Å². The highest BCUT2D eigenvalue weighted by Gasteiger charge is 2.15. The number of likely N-dealkylation sites (tertiary alicyclic amines) is 1. The number of benzene rings is 1. The van der Waals surface area contributed by atoms with Gasteiger partial charge in [-0.05, 0) is 49.9 Å². The molecule has 3 nitrogen and oxygen atoms in total. The van der Waals surface area contributed by atoms with E-state index in [4.69, 9.17) is 0 Å². The topological polar surface area (TPSA) is 32.3 Å². The molecular weight excluding hydrogens is 260 g/mol. The highest BCUT2D eigenvalue weighted by molar-refractivity contribution is 5.93. The minimum Gasteiger partial charge on any atom is -0.324 e. The summed E-state index contributed by atoms with van der Waals surface area (Å²) in [4.78, 5) is 14.7. The van der Waals surface area contributed by atoms with Crippen LogP contribution in [0.1, 0.15) is 56.6 Å². The average molecular weight is 288 g/mol. The van der Waals surface area contributed by atoms with Crippen molar-refractivity contribution in [2.75, 3.05) is 25.0 Å². The first-order valence-corrected chi connectivity index (χ1v) is 8.19. The molecule has 0 aromatic heterocycles. The predicted octanol–water partition coefficient (Wildman–Crippen LogP) is 3.93. The molecule has 0 saturated carbocycles. The van der Waals surface area contributed by atoms with Crippen LogP contribution in [0.4, 0.5) is 5.69 Å². The zero-order valence-electron chi connectivity index (χ0n) is 13.6. The number of nitrogens with zero attached hydrogens (tertiary/aromatic N) is 1. The molecule has 1 heterocycles. The second kappa shape index (κ2) is 7.60. The van der Waals surface area contributed by atoms with Crippen LogP contribution in [-0.4, -0.2) is 30.4 Å². The van der Waals surface area contributed by atoms with Crippen molar-refractivity contribution in [2.45, 2.75) is 52.4 Å². The molecule has 1 amide bonds. The van der Waals surface area contributed by atoms with E-state index >= 15 is 0 Å². The molecular formula is C18H28N2O. The van der Waals surface area contributed by atoms with Crippen LogP contribution in [0.2, 0.25) is 0 Å². The first-order chi connectivity index (χ1) is 10.1. The Hall–Kier alpha value is -1.35. The van der Waals surface area contributed by atoms with Gasteiger partial charge in [0.1, 0.15) is 0 Å². The Bertz CT molecular complexity index is 474.